The number of carbonyl (C=O) groups excluding carboxylic acids is 1. The standard InChI is InChI=1S/C25H25N3O3.ClH/c1-30-24-14-17(10-11-27-24)23-15-26-12-13-28(23)25(29)31-16-22-20-8-4-2-6-18(20)19-7-3-5-9-21(19)22;/h2-11,14,22-23,26H,12-13,15-16H2,1H3;1H. The zero-order valence-electron chi connectivity index (χ0n) is 17.9. The highest BCUT2D eigenvalue weighted by Gasteiger charge is 2.32. The van der Waals surface area contributed by atoms with Crippen molar-refractivity contribution in [1.82, 2.24) is 15.2 Å². The van der Waals surface area contributed by atoms with Gasteiger partial charge in [-0.15, -0.1) is 12.4 Å². The van der Waals surface area contributed by atoms with Crippen molar-refractivity contribution in [1.29, 1.82) is 0 Å². The van der Waals surface area contributed by atoms with Gasteiger partial charge < -0.3 is 14.8 Å². The number of nitrogens with zero attached hydrogens (tertiary/aromatic N) is 2. The summed E-state index contributed by atoms with van der Waals surface area (Å²) >= 11 is 0. The summed E-state index contributed by atoms with van der Waals surface area (Å²) in [5, 5.41) is 3.37. The number of hydrogen-bond donors (Lipinski definition) is 1. The topological polar surface area (TPSA) is 63.7 Å². The molecular formula is C25H26ClN3O3. The van der Waals surface area contributed by atoms with Crippen molar-refractivity contribution in [2.45, 2.75) is 12.0 Å². The molecule has 0 radical (unpaired) electrons. The summed E-state index contributed by atoms with van der Waals surface area (Å²) in [6.07, 6.45) is 1.42. The summed E-state index contributed by atoms with van der Waals surface area (Å²) in [5.41, 5.74) is 5.86. The largest absolute Gasteiger partial charge is 0.481 e. The number of pyridine rings is 1. The van der Waals surface area contributed by atoms with E-state index in [-0.39, 0.29) is 30.5 Å². The minimum atomic E-state index is -0.288. The Morgan fingerprint density at radius 2 is 1.78 bits per heavy atom. The smallest absolute Gasteiger partial charge is 0.410 e. The first-order chi connectivity index (χ1) is 15.3. The molecule has 1 aliphatic heterocycles. The molecule has 1 aromatic heterocycles. The van der Waals surface area contributed by atoms with Gasteiger partial charge in [0.2, 0.25) is 5.88 Å². The molecule has 1 unspecified atom stereocenters. The fourth-order valence-electron chi connectivity index (χ4n) is 4.64. The molecule has 2 aliphatic rings. The van der Waals surface area contributed by atoms with Gasteiger partial charge in [-0.25, -0.2) is 9.78 Å². The van der Waals surface area contributed by atoms with E-state index < -0.39 is 0 Å². The Morgan fingerprint density at radius 1 is 1.09 bits per heavy atom. The number of aromatic nitrogens is 1. The highest BCUT2D eigenvalue weighted by Crippen LogP contribution is 2.44. The summed E-state index contributed by atoms with van der Waals surface area (Å²) in [6.45, 7) is 2.31. The minimum absolute atomic E-state index is 0. The molecule has 5 rings (SSSR count). The maximum Gasteiger partial charge on any atom is 0.410 e. The maximum absolute atomic E-state index is 13.1. The van der Waals surface area contributed by atoms with Crippen LogP contribution in [0.1, 0.15) is 28.7 Å². The predicted octanol–water partition coefficient (Wildman–Crippen LogP) is 4.41. The molecule has 1 saturated heterocycles. The molecule has 1 amide bonds. The number of methoxy groups -OCH3 is 1. The lowest BCUT2D eigenvalue weighted by Crippen LogP contribution is -2.49. The molecule has 32 heavy (non-hydrogen) atoms. The van der Waals surface area contributed by atoms with E-state index >= 15 is 0 Å². The number of fused-ring (bicyclic) bond motifs is 3. The highest BCUT2D eigenvalue weighted by atomic mass is 35.5. The van der Waals surface area contributed by atoms with Gasteiger partial charge in [-0.05, 0) is 33.9 Å². The van der Waals surface area contributed by atoms with Gasteiger partial charge in [-0.3, -0.25) is 4.90 Å². The number of amides is 1. The van der Waals surface area contributed by atoms with Crippen LogP contribution in [0.2, 0.25) is 0 Å². The molecule has 1 fully saturated rings. The first kappa shape index (κ1) is 22.1. The van der Waals surface area contributed by atoms with E-state index in [1.54, 1.807) is 18.2 Å². The van der Waals surface area contributed by atoms with Crippen LogP contribution in [0.15, 0.2) is 66.9 Å². The van der Waals surface area contributed by atoms with Gasteiger partial charge in [-0.2, -0.15) is 0 Å². The van der Waals surface area contributed by atoms with Crippen LogP contribution in [0.5, 0.6) is 5.88 Å². The SMILES string of the molecule is COc1cc(C2CNCCN2C(=O)OCC2c3ccccc3-c3ccccc32)ccn1.Cl. The summed E-state index contributed by atoms with van der Waals surface area (Å²) < 4.78 is 11.2. The first-order valence-electron chi connectivity index (χ1n) is 10.6. The van der Waals surface area contributed by atoms with Gasteiger partial charge in [0.1, 0.15) is 6.61 Å². The van der Waals surface area contributed by atoms with E-state index in [0.717, 1.165) is 12.1 Å². The summed E-state index contributed by atoms with van der Waals surface area (Å²) in [6, 6.07) is 20.4. The second-order valence-electron chi connectivity index (χ2n) is 7.85. The molecule has 0 spiro atoms. The molecule has 1 N–H and O–H groups in total. The van der Waals surface area contributed by atoms with Gasteiger partial charge in [0.05, 0.1) is 13.2 Å². The van der Waals surface area contributed by atoms with Crippen molar-refractivity contribution < 1.29 is 14.3 Å². The second kappa shape index (κ2) is 9.59. The van der Waals surface area contributed by atoms with E-state index in [9.17, 15) is 4.79 Å². The lowest BCUT2D eigenvalue weighted by molar-refractivity contribution is 0.0751. The highest BCUT2D eigenvalue weighted by molar-refractivity contribution is 5.85. The van der Waals surface area contributed by atoms with Crippen molar-refractivity contribution in [3.05, 3.63) is 83.6 Å². The number of benzene rings is 2. The zero-order chi connectivity index (χ0) is 21.2. The van der Waals surface area contributed by atoms with Crippen LogP contribution in [0.25, 0.3) is 11.1 Å². The van der Waals surface area contributed by atoms with Crippen LogP contribution in [0.3, 0.4) is 0 Å². The lowest BCUT2D eigenvalue weighted by Gasteiger charge is -2.36. The molecule has 2 aromatic carbocycles. The Bertz CT molecular complexity index is 1060. The van der Waals surface area contributed by atoms with Gasteiger partial charge in [0.15, 0.2) is 0 Å². The monoisotopic (exact) mass is 451 g/mol. The van der Waals surface area contributed by atoms with Crippen LogP contribution in [-0.4, -0.2) is 49.3 Å². The number of ether oxygens (including phenoxy) is 2. The van der Waals surface area contributed by atoms with Crippen molar-refractivity contribution in [2.24, 2.45) is 0 Å². The second-order valence-corrected chi connectivity index (χ2v) is 7.85. The quantitative estimate of drug-likeness (QED) is 0.636. The van der Waals surface area contributed by atoms with E-state index in [2.05, 4.69) is 46.7 Å². The number of rotatable bonds is 4. The van der Waals surface area contributed by atoms with Crippen molar-refractivity contribution in [3.63, 3.8) is 0 Å². The van der Waals surface area contributed by atoms with Gasteiger partial charge in [-0.1, -0.05) is 48.5 Å². The number of carbonyl (C=O) groups is 1. The minimum Gasteiger partial charge on any atom is -0.481 e. The predicted molar refractivity (Wildman–Crippen MR) is 125 cm³/mol. The first-order valence-corrected chi connectivity index (χ1v) is 10.6. The molecule has 3 aromatic rings. The summed E-state index contributed by atoms with van der Waals surface area (Å²) in [7, 11) is 1.59. The van der Waals surface area contributed by atoms with Crippen molar-refractivity contribution in [3.8, 4) is 17.0 Å². The van der Waals surface area contributed by atoms with Crippen LogP contribution < -0.4 is 10.1 Å². The number of halogens is 1. The number of piperazine rings is 1. The Morgan fingerprint density at radius 3 is 2.47 bits per heavy atom. The fourth-order valence-corrected chi connectivity index (χ4v) is 4.64. The zero-order valence-corrected chi connectivity index (χ0v) is 18.7. The average molecular weight is 452 g/mol. The molecule has 2 heterocycles. The molecule has 7 heteroatoms. The lowest BCUT2D eigenvalue weighted by atomic mass is 9.98. The maximum atomic E-state index is 13.1. The van der Waals surface area contributed by atoms with Crippen molar-refractivity contribution in [2.75, 3.05) is 33.4 Å². The van der Waals surface area contributed by atoms with Crippen LogP contribution in [0, 0.1) is 0 Å². The van der Waals surface area contributed by atoms with Gasteiger partial charge >= 0.3 is 6.09 Å². The van der Waals surface area contributed by atoms with E-state index in [0.29, 0.717) is 25.6 Å². The molecule has 1 aliphatic carbocycles. The Labute approximate surface area is 194 Å². The Kier molecular flexibility index (Phi) is 6.63. The van der Waals surface area contributed by atoms with Crippen LogP contribution >= 0.6 is 12.4 Å². The molecular weight excluding hydrogens is 426 g/mol. The third kappa shape index (κ3) is 4.04. The Hall–Kier alpha value is -3.09. The fraction of sp³-hybridized carbons (Fsp3) is 0.280. The Balaban J connectivity index is 0.00000245. The third-order valence-corrected chi connectivity index (χ3v) is 6.17. The normalized spacial score (nSPS) is 17.2. The molecule has 166 valence electrons. The molecule has 1 atom stereocenters. The summed E-state index contributed by atoms with van der Waals surface area (Å²) in [5.74, 6) is 0.592. The molecule has 0 saturated carbocycles. The van der Waals surface area contributed by atoms with E-state index in [4.69, 9.17) is 9.47 Å². The number of nitrogens with one attached hydrogen (secondary N) is 1. The number of hydrogen-bond acceptors (Lipinski definition) is 5. The van der Waals surface area contributed by atoms with Gasteiger partial charge in [0.25, 0.3) is 0 Å². The molecule has 6 nitrogen and oxygen atoms in total. The third-order valence-electron chi connectivity index (χ3n) is 6.17. The van der Waals surface area contributed by atoms with Crippen molar-refractivity contribution >= 4 is 18.5 Å². The summed E-state index contributed by atoms with van der Waals surface area (Å²) in [4.78, 5) is 19.1. The van der Waals surface area contributed by atoms with E-state index in [1.165, 1.54) is 22.3 Å². The average Bonchev–Trinajstić information content (AvgIpc) is 3.16. The van der Waals surface area contributed by atoms with Crippen LogP contribution in [-0.2, 0) is 4.74 Å². The van der Waals surface area contributed by atoms with Crippen LogP contribution in [0.4, 0.5) is 4.79 Å². The van der Waals surface area contributed by atoms with Gasteiger partial charge in [0, 0.05) is 37.8 Å². The van der Waals surface area contributed by atoms with E-state index in [1.807, 2.05) is 24.3 Å². The molecule has 0 bridgehead atoms.